The lowest BCUT2D eigenvalue weighted by Gasteiger charge is -2.22. The van der Waals surface area contributed by atoms with Crippen LogP contribution in [0.25, 0.3) is 0 Å². The number of oxazole rings is 1. The summed E-state index contributed by atoms with van der Waals surface area (Å²) in [6, 6.07) is -0.415. The summed E-state index contributed by atoms with van der Waals surface area (Å²) in [7, 11) is 0. The Kier molecular flexibility index (Phi) is 3.91. The van der Waals surface area contributed by atoms with Crippen molar-refractivity contribution in [1.29, 1.82) is 0 Å². The number of nitrogens with zero attached hydrogens (tertiary/aromatic N) is 3. The van der Waals surface area contributed by atoms with E-state index in [2.05, 4.69) is 29.0 Å². The van der Waals surface area contributed by atoms with E-state index >= 15 is 0 Å². The third kappa shape index (κ3) is 2.73. The molecule has 2 fully saturated rings. The zero-order valence-corrected chi connectivity index (χ0v) is 14.1. The molecule has 7 nitrogen and oxygen atoms in total. The van der Waals surface area contributed by atoms with E-state index in [1.54, 1.807) is 6.20 Å². The van der Waals surface area contributed by atoms with Crippen molar-refractivity contribution in [1.82, 2.24) is 20.1 Å². The molecule has 3 heterocycles. The minimum Gasteiger partial charge on any atom is -0.444 e. The Morgan fingerprint density at radius 3 is 2.65 bits per heavy atom. The summed E-state index contributed by atoms with van der Waals surface area (Å²) in [6.07, 6.45) is 2.38. The minimum absolute atomic E-state index is 0.115. The highest BCUT2D eigenvalue weighted by Crippen LogP contribution is 2.30. The molecular weight excluding hydrogens is 296 g/mol. The van der Waals surface area contributed by atoms with Crippen molar-refractivity contribution in [2.75, 3.05) is 13.1 Å². The summed E-state index contributed by atoms with van der Waals surface area (Å²) in [4.78, 5) is 32.5. The average molecular weight is 320 g/mol. The summed E-state index contributed by atoms with van der Waals surface area (Å²) in [5, 5.41) is 2.89. The number of hydrogen-bond acceptors (Lipinski definition) is 5. The molecule has 1 N–H and O–H groups in total. The SMILES string of the molecule is CC(C)c1cnc(CN2CCC3(C2)NC(=O)N(C(C)C)C3=O)o1. The number of rotatable bonds is 4. The van der Waals surface area contributed by atoms with Gasteiger partial charge in [0, 0.05) is 25.0 Å². The van der Waals surface area contributed by atoms with E-state index in [-0.39, 0.29) is 18.0 Å². The zero-order chi connectivity index (χ0) is 16.8. The maximum Gasteiger partial charge on any atom is 0.325 e. The average Bonchev–Trinajstić information content (AvgIpc) is 3.12. The second-order valence-corrected chi connectivity index (χ2v) is 7.05. The van der Waals surface area contributed by atoms with Crippen molar-refractivity contribution >= 4 is 11.9 Å². The lowest BCUT2D eigenvalue weighted by Crippen LogP contribution is -2.49. The maximum atomic E-state index is 12.6. The van der Waals surface area contributed by atoms with Crippen LogP contribution in [0.3, 0.4) is 0 Å². The summed E-state index contributed by atoms with van der Waals surface area (Å²) in [6.45, 7) is 9.61. The number of carbonyl (C=O) groups is 2. The third-order valence-electron chi connectivity index (χ3n) is 4.56. The van der Waals surface area contributed by atoms with Crippen LogP contribution in [0.2, 0.25) is 0 Å². The first-order valence-electron chi connectivity index (χ1n) is 8.15. The van der Waals surface area contributed by atoms with Crippen molar-refractivity contribution in [2.45, 2.75) is 58.2 Å². The molecular formula is C16H24N4O3. The van der Waals surface area contributed by atoms with Gasteiger partial charge in [-0.15, -0.1) is 0 Å². The van der Waals surface area contributed by atoms with Crippen molar-refractivity contribution in [3.63, 3.8) is 0 Å². The first-order chi connectivity index (χ1) is 10.8. The predicted octanol–water partition coefficient (Wildman–Crippen LogP) is 1.70. The van der Waals surface area contributed by atoms with Gasteiger partial charge in [0.2, 0.25) is 5.89 Å². The second kappa shape index (κ2) is 5.63. The van der Waals surface area contributed by atoms with Gasteiger partial charge in [0.25, 0.3) is 5.91 Å². The molecule has 126 valence electrons. The van der Waals surface area contributed by atoms with Crippen molar-refractivity contribution in [3.8, 4) is 0 Å². The van der Waals surface area contributed by atoms with Crippen molar-refractivity contribution < 1.29 is 14.0 Å². The van der Waals surface area contributed by atoms with Gasteiger partial charge in [0.05, 0.1) is 12.7 Å². The van der Waals surface area contributed by atoms with Gasteiger partial charge >= 0.3 is 6.03 Å². The maximum absolute atomic E-state index is 12.6. The van der Waals surface area contributed by atoms with Crippen LogP contribution in [0.1, 0.15) is 51.7 Å². The van der Waals surface area contributed by atoms with Gasteiger partial charge in [-0.2, -0.15) is 0 Å². The molecule has 0 bridgehead atoms. The van der Waals surface area contributed by atoms with Gasteiger partial charge in [-0.1, -0.05) is 13.8 Å². The lowest BCUT2D eigenvalue weighted by atomic mass is 9.99. The van der Waals surface area contributed by atoms with Crippen molar-refractivity contribution in [3.05, 3.63) is 17.8 Å². The highest BCUT2D eigenvalue weighted by molar-refractivity contribution is 6.07. The van der Waals surface area contributed by atoms with E-state index in [9.17, 15) is 9.59 Å². The summed E-state index contributed by atoms with van der Waals surface area (Å²) in [5.74, 6) is 1.71. The minimum atomic E-state index is -0.783. The smallest absolute Gasteiger partial charge is 0.325 e. The number of urea groups is 1. The molecule has 0 radical (unpaired) electrons. The van der Waals surface area contributed by atoms with E-state index in [1.807, 2.05) is 13.8 Å². The molecule has 1 aromatic heterocycles. The van der Waals surface area contributed by atoms with Crippen LogP contribution >= 0.6 is 0 Å². The number of hydrogen-bond donors (Lipinski definition) is 1. The molecule has 3 rings (SSSR count). The number of aromatic nitrogens is 1. The fourth-order valence-electron chi connectivity index (χ4n) is 3.27. The Bertz CT molecular complexity index is 625. The number of imide groups is 1. The van der Waals surface area contributed by atoms with Crippen LogP contribution in [0.15, 0.2) is 10.6 Å². The molecule has 2 aliphatic heterocycles. The number of amides is 3. The topological polar surface area (TPSA) is 78.7 Å². The van der Waals surface area contributed by atoms with Crippen LogP contribution in [0, 0.1) is 0 Å². The Hall–Kier alpha value is -1.89. The molecule has 1 spiro atoms. The first kappa shape index (κ1) is 16.0. The monoisotopic (exact) mass is 320 g/mol. The molecule has 1 atom stereocenters. The molecule has 0 aromatic carbocycles. The number of likely N-dealkylation sites (tertiary alicyclic amines) is 1. The molecule has 0 saturated carbocycles. The van der Waals surface area contributed by atoms with Gasteiger partial charge in [0.15, 0.2) is 0 Å². The first-order valence-corrected chi connectivity index (χ1v) is 8.15. The summed E-state index contributed by atoms with van der Waals surface area (Å²) < 4.78 is 5.73. The van der Waals surface area contributed by atoms with E-state index in [1.165, 1.54) is 4.90 Å². The van der Waals surface area contributed by atoms with Gasteiger partial charge in [-0.05, 0) is 20.3 Å². The van der Waals surface area contributed by atoms with Crippen LogP contribution in [0.4, 0.5) is 4.79 Å². The zero-order valence-electron chi connectivity index (χ0n) is 14.1. The Morgan fingerprint density at radius 2 is 2.09 bits per heavy atom. The summed E-state index contributed by atoms with van der Waals surface area (Å²) >= 11 is 0. The van der Waals surface area contributed by atoms with Gasteiger partial charge in [0.1, 0.15) is 11.3 Å². The number of carbonyl (C=O) groups excluding carboxylic acids is 2. The van der Waals surface area contributed by atoms with Crippen LogP contribution in [-0.2, 0) is 11.3 Å². The molecule has 0 aliphatic carbocycles. The number of nitrogens with one attached hydrogen (secondary N) is 1. The lowest BCUT2D eigenvalue weighted by molar-refractivity contribution is -0.132. The molecule has 2 saturated heterocycles. The largest absolute Gasteiger partial charge is 0.444 e. The van der Waals surface area contributed by atoms with Gasteiger partial charge in [-0.3, -0.25) is 14.6 Å². The summed E-state index contributed by atoms with van der Waals surface area (Å²) in [5.41, 5.74) is -0.783. The van der Waals surface area contributed by atoms with Gasteiger partial charge in [-0.25, -0.2) is 9.78 Å². The molecule has 1 unspecified atom stereocenters. The van der Waals surface area contributed by atoms with Crippen LogP contribution in [-0.4, -0.2) is 51.4 Å². The standard InChI is InChI=1S/C16H24N4O3/c1-10(2)12-7-17-13(23-12)8-19-6-5-16(9-19)14(21)20(11(3)4)15(22)18-16/h7,10-11H,5-6,8-9H2,1-4H3,(H,18,22). The third-order valence-corrected chi connectivity index (χ3v) is 4.56. The highest BCUT2D eigenvalue weighted by atomic mass is 16.4. The Morgan fingerprint density at radius 1 is 1.35 bits per heavy atom. The second-order valence-electron chi connectivity index (χ2n) is 7.05. The Labute approximate surface area is 136 Å². The van der Waals surface area contributed by atoms with Crippen LogP contribution < -0.4 is 5.32 Å². The quantitative estimate of drug-likeness (QED) is 0.854. The van der Waals surface area contributed by atoms with Crippen molar-refractivity contribution in [2.24, 2.45) is 0 Å². The molecule has 7 heteroatoms. The van der Waals surface area contributed by atoms with E-state index in [4.69, 9.17) is 4.42 Å². The fraction of sp³-hybridized carbons (Fsp3) is 0.688. The molecule has 3 amide bonds. The fourth-order valence-corrected chi connectivity index (χ4v) is 3.27. The normalized spacial score (nSPS) is 25.4. The van der Waals surface area contributed by atoms with E-state index < -0.39 is 5.54 Å². The molecule has 23 heavy (non-hydrogen) atoms. The highest BCUT2D eigenvalue weighted by Gasteiger charge is 2.55. The Balaban J connectivity index is 1.68. The molecule has 2 aliphatic rings. The van der Waals surface area contributed by atoms with Gasteiger partial charge < -0.3 is 9.73 Å². The van der Waals surface area contributed by atoms with E-state index in [0.29, 0.717) is 31.3 Å². The predicted molar refractivity (Wildman–Crippen MR) is 83.7 cm³/mol. The van der Waals surface area contributed by atoms with E-state index in [0.717, 1.165) is 12.3 Å². The molecule has 1 aromatic rings. The van der Waals surface area contributed by atoms with Crippen LogP contribution in [0.5, 0.6) is 0 Å².